The van der Waals surface area contributed by atoms with Gasteiger partial charge in [-0.05, 0) is 50.8 Å². The van der Waals surface area contributed by atoms with Crippen LogP contribution < -0.4 is 33.2 Å². The number of hydrogen-bond acceptors (Lipinski definition) is 8. The van der Waals surface area contributed by atoms with Crippen LogP contribution >= 0.6 is 0 Å². The van der Waals surface area contributed by atoms with Gasteiger partial charge in [-0.25, -0.2) is 4.79 Å². The first-order valence-corrected chi connectivity index (χ1v) is 12.2. The second-order valence-corrected chi connectivity index (χ2v) is 8.57. The average Bonchev–Trinajstić information content (AvgIpc) is 2.86. The molecule has 0 aliphatic rings. The number of rotatable bonds is 18. The van der Waals surface area contributed by atoms with E-state index in [9.17, 15) is 29.4 Å². The first kappa shape index (κ1) is 31.0. The second-order valence-electron chi connectivity index (χ2n) is 8.57. The predicted molar refractivity (Wildman–Crippen MR) is 134 cm³/mol. The summed E-state index contributed by atoms with van der Waals surface area (Å²) in [6.07, 6.45) is 3.20. The monoisotopic (exact) mass is 508 g/mol. The minimum Gasteiger partial charge on any atom is -0.480 e. The summed E-state index contributed by atoms with van der Waals surface area (Å²) in [6, 6.07) is 4.21. The molecule has 202 valence electrons. The third-order valence-corrected chi connectivity index (χ3v) is 5.60. The van der Waals surface area contributed by atoms with E-state index in [2.05, 4.69) is 16.0 Å². The molecule has 12 nitrogen and oxygen atoms in total. The Morgan fingerprint density at radius 3 is 1.83 bits per heavy atom. The van der Waals surface area contributed by atoms with Gasteiger partial charge in [0.05, 0.1) is 12.6 Å². The maximum Gasteiger partial charge on any atom is 0.326 e. The van der Waals surface area contributed by atoms with E-state index >= 15 is 0 Å². The molecule has 0 aliphatic carbocycles. The predicted octanol–water partition coefficient (Wildman–Crippen LogP) is -1.65. The molecule has 11 N–H and O–H groups in total. The van der Waals surface area contributed by atoms with Gasteiger partial charge < -0.3 is 43.4 Å². The lowest BCUT2D eigenvalue weighted by Gasteiger charge is -2.24. The zero-order valence-electron chi connectivity index (χ0n) is 20.5. The van der Waals surface area contributed by atoms with Crippen LogP contribution in [-0.4, -0.2) is 77.8 Å². The van der Waals surface area contributed by atoms with E-state index in [-0.39, 0.29) is 12.8 Å². The van der Waals surface area contributed by atoms with Gasteiger partial charge >= 0.3 is 5.97 Å². The molecule has 0 saturated carbocycles. The molecule has 0 fully saturated rings. The highest BCUT2D eigenvalue weighted by Gasteiger charge is 2.30. The summed E-state index contributed by atoms with van der Waals surface area (Å²) in [7, 11) is 0. The Morgan fingerprint density at radius 1 is 0.750 bits per heavy atom. The zero-order valence-corrected chi connectivity index (χ0v) is 20.5. The number of unbranched alkanes of at least 4 members (excludes halogenated alkanes) is 2. The molecule has 0 aliphatic heterocycles. The average molecular weight is 509 g/mol. The van der Waals surface area contributed by atoms with Crippen LogP contribution in [0.25, 0.3) is 0 Å². The number of benzene rings is 1. The first-order valence-electron chi connectivity index (χ1n) is 12.2. The molecule has 4 unspecified atom stereocenters. The number of carboxylic acid groups (broad SMARTS) is 1. The molecule has 12 heteroatoms. The van der Waals surface area contributed by atoms with Gasteiger partial charge in [-0.3, -0.25) is 14.4 Å². The molecule has 0 spiro atoms. The number of carboxylic acids is 1. The van der Waals surface area contributed by atoms with Crippen LogP contribution in [0.15, 0.2) is 30.3 Å². The number of amides is 3. The third kappa shape index (κ3) is 11.6. The Kier molecular flexibility index (Phi) is 15.0. The zero-order chi connectivity index (χ0) is 26.9. The molecule has 4 atom stereocenters. The number of carbonyl (C=O) groups excluding carboxylic acids is 3. The lowest BCUT2D eigenvalue weighted by Crippen LogP contribution is -2.58. The lowest BCUT2D eigenvalue weighted by atomic mass is 10.0. The van der Waals surface area contributed by atoms with E-state index in [1.54, 1.807) is 30.3 Å². The number of nitrogens with one attached hydrogen (secondary N) is 3. The number of hydrogen-bond donors (Lipinski definition) is 8. The summed E-state index contributed by atoms with van der Waals surface area (Å²) in [4.78, 5) is 49.8. The maximum atomic E-state index is 12.9. The van der Waals surface area contributed by atoms with Crippen LogP contribution in [0.5, 0.6) is 0 Å². The lowest BCUT2D eigenvalue weighted by molar-refractivity contribution is -0.142. The van der Waals surface area contributed by atoms with E-state index in [0.717, 1.165) is 6.42 Å². The van der Waals surface area contributed by atoms with Gasteiger partial charge in [0.15, 0.2) is 0 Å². The van der Waals surface area contributed by atoms with Gasteiger partial charge in [-0.2, -0.15) is 0 Å². The Balaban J connectivity index is 2.82. The van der Waals surface area contributed by atoms with Crippen molar-refractivity contribution in [1.29, 1.82) is 0 Å². The highest BCUT2D eigenvalue weighted by atomic mass is 16.4. The molecular weight excluding hydrogens is 468 g/mol. The molecular formula is C24H40N6O6. The number of aliphatic hydroxyl groups is 1. The standard InChI is InChI=1S/C24H40N6O6/c25-12-6-4-10-17(27)21(32)28-18(11-5-7-13-26)22(33)30-20(15-31)23(34)29-19(24(35)36)14-16-8-2-1-3-9-16/h1-3,8-9,17-20,31H,4-7,10-15,25-27H2,(H,28,32)(H,29,34)(H,30,33)(H,35,36). The minimum absolute atomic E-state index is 0.0217. The van der Waals surface area contributed by atoms with Gasteiger partial charge in [-0.15, -0.1) is 0 Å². The van der Waals surface area contributed by atoms with Gasteiger partial charge in [0.25, 0.3) is 0 Å². The molecule has 0 heterocycles. The van der Waals surface area contributed by atoms with Crippen molar-refractivity contribution in [2.24, 2.45) is 17.2 Å². The topological polar surface area (TPSA) is 223 Å². The van der Waals surface area contributed by atoms with Crippen LogP contribution in [0.3, 0.4) is 0 Å². The summed E-state index contributed by atoms with van der Waals surface area (Å²) in [6.45, 7) is 0.120. The number of aliphatic hydroxyl groups excluding tert-OH is 1. The van der Waals surface area contributed by atoms with Crippen LogP contribution in [0.1, 0.15) is 44.1 Å². The summed E-state index contributed by atoms with van der Waals surface area (Å²) in [5.74, 6) is -3.33. The Morgan fingerprint density at radius 2 is 1.28 bits per heavy atom. The molecule has 1 rings (SSSR count). The maximum absolute atomic E-state index is 12.9. The van der Waals surface area contributed by atoms with Gasteiger partial charge in [0.1, 0.15) is 18.1 Å². The summed E-state index contributed by atoms with van der Waals surface area (Å²) < 4.78 is 0. The third-order valence-electron chi connectivity index (χ3n) is 5.60. The van der Waals surface area contributed by atoms with E-state index in [1.165, 1.54) is 0 Å². The van der Waals surface area contributed by atoms with Crippen LogP contribution in [0, 0.1) is 0 Å². The van der Waals surface area contributed by atoms with E-state index in [1.807, 2.05) is 0 Å². The highest BCUT2D eigenvalue weighted by molar-refractivity contribution is 5.94. The number of carbonyl (C=O) groups is 4. The molecule has 0 saturated heterocycles. The van der Waals surface area contributed by atoms with Crippen molar-refractivity contribution in [1.82, 2.24) is 16.0 Å². The van der Waals surface area contributed by atoms with Crippen molar-refractivity contribution in [3.8, 4) is 0 Å². The van der Waals surface area contributed by atoms with Crippen LogP contribution in [0.2, 0.25) is 0 Å². The second kappa shape index (κ2) is 17.4. The van der Waals surface area contributed by atoms with Crippen LogP contribution in [-0.2, 0) is 25.6 Å². The van der Waals surface area contributed by atoms with Crippen molar-refractivity contribution in [3.63, 3.8) is 0 Å². The molecule has 3 amide bonds. The van der Waals surface area contributed by atoms with Gasteiger partial charge in [0, 0.05) is 6.42 Å². The largest absolute Gasteiger partial charge is 0.480 e. The number of nitrogens with two attached hydrogens (primary N) is 3. The summed E-state index contributed by atoms with van der Waals surface area (Å²) in [5, 5.41) is 26.6. The minimum atomic E-state index is -1.41. The summed E-state index contributed by atoms with van der Waals surface area (Å²) in [5.41, 5.74) is 17.6. The van der Waals surface area contributed by atoms with Crippen LogP contribution in [0.4, 0.5) is 0 Å². The quantitative estimate of drug-likeness (QED) is 0.106. The van der Waals surface area contributed by atoms with E-state index in [4.69, 9.17) is 17.2 Å². The fourth-order valence-electron chi connectivity index (χ4n) is 3.47. The Hall–Kier alpha value is -3.06. The van der Waals surface area contributed by atoms with Gasteiger partial charge in [0.2, 0.25) is 17.7 Å². The highest BCUT2D eigenvalue weighted by Crippen LogP contribution is 2.06. The van der Waals surface area contributed by atoms with E-state index < -0.39 is 54.5 Å². The molecule has 0 radical (unpaired) electrons. The number of aliphatic carboxylic acids is 1. The van der Waals surface area contributed by atoms with Crippen molar-refractivity contribution in [2.45, 2.75) is 69.1 Å². The van der Waals surface area contributed by atoms with Crippen molar-refractivity contribution in [2.75, 3.05) is 19.7 Å². The Bertz CT molecular complexity index is 825. The Labute approximate surface area is 211 Å². The van der Waals surface area contributed by atoms with Crippen molar-refractivity contribution >= 4 is 23.7 Å². The molecule has 0 aromatic heterocycles. The molecule has 36 heavy (non-hydrogen) atoms. The normalized spacial score (nSPS) is 14.2. The first-order chi connectivity index (χ1) is 17.2. The smallest absolute Gasteiger partial charge is 0.326 e. The fourth-order valence-corrected chi connectivity index (χ4v) is 3.47. The van der Waals surface area contributed by atoms with Crippen molar-refractivity contribution < 1.29 is 29.4 Å². The SMILES string of the molecule is NCCCCC(N)C(=O)NC(CCCCN)C(=O)NC(CO)C(=O)NC(Cc1ccccc1)C(=O)O. The molecule has 0 bridgehead atoms. The van der Waals surface area contributed by atoms with Gasteiger partial charge in [-0.1, -0.05) is 36.8 Å². The molecule has 1 aromatic rings. The molecule has 1 aromatic carbocycles. The van der Waals surface area contributed by atoms with E-state index in [0.29, 0.717) is 44.3 Å². The summed E-state index contributed by atoms with van der Waals surface area (Å²) >= 11 is 0. The fraction of sp³-hybridized carbons (Fsp3) is 0.583. The van der Waals surface area contributed by atoms with Crippen molar-refractivity contribution in [3.05, 3.63) is 35.9 Å².